The third-order valence-electron chi connectivity index (χ3n) is 3.67. The molecule has 0 saturated carbocycles. The lowest BCUT2D eigenvalue weighted by atomic mass is 10.2. The smallest absolute Gasteiger partial charge is 0.255 e. The van der Waals surface area contributed by atoms with E-state index in [4.69, 9.17) is 4.74 Å². The summed E-state index contributed by atoms with van der Waals surface area (Å²) in [4.78, 5) is 16.2. The highest BCUT2D eigenvalue weighted by molar-refractivity contribution is 6.04. The number of aromatic nitrogens is 1. The fraction of sp³-hybridized carbons (Fsp3) is 0.0526. The average molecular weight is 373 g/mol. The fourth-order valence-electron chi connectivity index (χ4n) is 2.25. The van der Waals surface area contributed by atoms with Crippen molar-refractivity contribution in [2.45, 2.75) is 0 Å². The maximum absolute atomic E-state index is 13.7. The Kier molecular flexibility index (Phi) is 5.25. The molecule has 0 saturated heterocycles. The molecule has 0 aliphatic heterocycles. The molecule has 0 bridgehead atoms. The van der Waals surface area contributed by atoms with Crippen LogP contribution in [0.3, 0.4) is 0 Å². The van der Waals surface area contributed by atoms with Gasteiger partial charge in [-0.05, 0) is 48.5 Å². The molecule has 3 aromatic rings. The number of carbonyl (C=O) groups excluding carboxylic acids is 1. The van der Waals surface area contributed by atoms with Gasteiger partial charge >= 0.3 is 0 Å². The van der Waals surface area contributed by atoms with Gasteiger partial charge in [0.2, 0.25) is 0 Å². The summed E-state index contributed by atoms with van der Waals surface area (Å²) in [6.45, 7) is 0. The van der Waals surface area contributed by atoms with Gasteiger partial charge in [0.1, 0.15) is 11.6 Å². The van der Waals surface area contributed by atoms with E-state index in [1.165, 1.54) is 25.4 Å². The molecule has 0 spiro atoms. The lowest BCUT2D eigenvalue weighted by Crippen LogP contribution is -2.12. The van der Waals surface area contributed by atoms with Crippen molar-refractivity contribution in [3.63, 3.8) is 0 Å². The van der Waals surface area contributed by atoms with Crippen molar-refractivity contribution in [3.05, 3.63) is 77.7 Å². The minimum atomic E-state index is -1.57. The Morgan fingerprint density at radius 2 is 1.70 bits per heavy atom. The van der Waals surface area contributed by atoms with Crippen LogP contribution in [0, 0.1) is 17.5 Å². The van der Waals surface area contributed by atoms with Crippen LogP contribution < -0.4 is 15.4 Å². The Labute approximate surface area is 152 Å². The first kappa shape index (κ1) is 18.2. The van der Waals surface area contributed by atoms with Crippen LogP contribution >= 0.6 is 0 Å². The van der Waals surface area contributed by atoms with E-state index in [1.54, 1.807) is 24.3 Å². The van der Waals surface area contributed by atoms with Crippen LogP contribution in [-0.4, -0.2) is 18.0 Å². The normalized spacial score (nSPS) is 10.4. The van der Waals surface area contributed by atoms with Crippen molar-refractivity contribution in [2.24, 2.45) is 0 Å². The maximum atomic E-state index is 13.7. The number of hydrogen-bond donors (Lipinski definition) is 2. The average Bonchev–Trinajstić information content (AvgIpc) is 2.70. The number of benzene rings is 2. The van der Waals surface area contributed by atoms with Crippen molar-refractivity contribution >= 4 is 23.1 Å². The summed E-state index contributed by atoms with van der Waals surface area (Å²) in [6.07, 6.45) is 1.35. The van der Waals surface area contributed by atoms with Gasteiger partial charge in [-0.1, -0.05) is 0 Å². The third kappa shape index (κ3) is 4.17. The monoisotopic (exact) mass is 373 g/mol. The van der Waals surface area contributed by atoms with E-state index >= 15 is 0 Å². The molecule has 8 heteroatoms. The Bertz CT molecular complexity index is 961. The van der Waals surface area contributed by atoms with Gasteiger partial charge in [-0.25, -0.2) is 18.2 Å². The number of carbonyl (C=O) groups is 1. The van der Waals surface area contributed by atoms with Gasteiger partial charge in [0.15, 0.2) is 17.5 Å². The molecule has 1 aromatic heterocycles. The zero-order valence-electron chi connectivity index (χ0n) is 14.1. The summed E-state index contributed by atoms with van der Waals surface area (Å²) >= 11 is 0. The van der Waals surface area contributed by atoms with Crippen molar-refractivity contribution in [1.82, 2.24) is 4.98 Å². The van der Waals surface area contributed by atoms with E-state index < -0.39 is 17.5 Å². The lowest BCUT2D eigenvalue weighted by molar-refractivity contribution is 0.102. The highest BCUT2D eigenvalue weighted by Gasteiger charge is 2.14. The van der Waals surface area contributed by atoms with Gasteiger partial charge < -0.3 is 15.4 Å². The van der Waals surface area contributed by atoms with Gasteiger partial charge in [-0.3, -0.25) is 4.79 Å². The molecule has 1 amide bonds. The van der Waals surface area contributed by atoms with Gasteiger partial charge in [-0.15, -0.1) is 0 Å². The molecule has 0 aliphatic carbocycles. The second-order valence-electron chi connectivity index (χ2n) is 5.46. The van der Waals surface area contributed by atoms with Crippen molar-refractivity contribution in [1.29, 1.82) is 0 Å². The largest absolute Gasteiger partial charge is 0.497 e. The topological polar surface area (TPSA) is 63.2 Å². The minimum Gasteiger partial charge on any atom is -0.497 e. The molecule has 1 heterocycles. The van der Waals surface area contributed by atoms with Crippen LogP contribution in [0.15, 0.2) is 54.7 Å². The molecule has 2 aromatic carbocycles. The van der Waals surface area contributed by atoms with Gasteiger partial charge in [0, 0.05) is 5.56 Å². The molecule has 2 N–H and O–H groups in total. The highest BCUT2D eigenvalue weighted by Crippen LogP contribution is 2.23. The van der Waals surface area contributed by atoms with Crippen LogP contribution in [0.25, 0.3) is 0 Å². The van der Waals surface area contributed by atoms with Gasteiger partial charge in [0.05, 0.1) is 24.7 Å². The number of halogens is 3. The Balaban J connectivity index is 1.68. The molecule has 0 aliphatic rings. The van der Waals surface area contributed by atoms with E-state index in [0.29, 0.717) is 17.0 Å². The maximum Gasteiger partial charge on any atom is 0.255 e. The van der Waals surface area contributed by atoms with Gasteiger partial charge in [0.25, 0.3) is 5.91 Å². The number of ether oxygens (including phenoxy) is 1. The summed E-state index contributed by atoms with van der Waals surface area (Å²) in [7, 11) is 1.53. The summed E-state index contributed by atoms with van der Waals surface area (Å²) in [5.74, 6) is -3.69. The summed E-state index contributed by atoms with van der Waals surface area (Å²) in [5, 5.41) is 5.21. The molecule has 27 heavy (non-hydrogen) atoms. The Morgan fingerprint density at radius 3 is 2.33 bits per heavy atom. The van der Waals surface area contributed by atoms with Crippen LogP contribution in [-0.2, 0) is 0 Å². The number of pyridine rings is 1. The molecule has 0 atom stereocenters. The third-order valence-corrected chi connectivity index (χ3v) is 3.67. The molecule has 3 rings (SSSR count). The molecular weight excluding hydrogens is 359 g/mol. The van der Waals surface area contributed by atoms with Crippen molar-refractivity contribution in [2.75, 3.05) is 17.7 Å². The minimum absolute atomic E-state index is 0.197. The standard InChI is InChI=1S/C19H14F3N3O2/c1-27-13-5-2-11(3-6-13)19(26)24-12-4-9-16(23-10-12)25-15-8-7-14(20)17(21)18(15)22/h2-10H,1H3,(H,23,25)(H,24,26). The van der Waals surface area contributed by atoms with Gasteiger partial charge in [-0.2, -0.15) is 0 Å². The van der Waals surface area contributed by atoms with E-state index in [2.05, 4.69) is 15.6 Å². The van der Waals surface area contributed by atoms with Crippen LogP contribution in [0.4, 0.5) is 30.4 Å². The summed E-state index contributed by atoms with van der Waals surface area (Å²) < 4.78 is 44.9. The number of hydrogen-bond acceptors (Lipinski definition) is 4. The number of anilines is 3. The van der Waals surface area contributed by atoms with Crippen LogP contribution in [0.5, 0.6) is 5.75 Å². The first-order chi connectivity index (χ1) is 13.0. The Morgan fingerprint density at radius 1 is 0.963 bits per heavy atom. The zero-order valence-corrected chi connectivity index (χ0v) is 14.1. The molecule has 0 fully saturated rings. The second-order valence-corrected chi connectivity index (χ2v) is 5.46. The zero-order chi connectivity index (χ0) is 19.4. The quantitative estimate of drug-likeness (QED) is 0.647. The molecular formula is C19H14F3N3O2. The second kappa shape index (κ2) is 7.77. The van der Waals surface area contributed by atoms with Crippen molar-refractivity contribution < 1.29 is 22.7 Å². The van der Waals surface area contributed by atoms with E-state index in [9.17, 15) is 18.0 Å². The predicted molar refractivity (Wildman–Crippen MR) is 94.8 cm³/mol. The molecule has 138 valence electrons. The van der Waals surface area contributed by atoms with E-state index in [-0.39, 0.29) is 17.4 Å². The summed E-state index contributed by atoms with van der Waals surface area (Å²) in [5.41, 5.74) is 0.588. The summed E-state index contributed by atoms with van der Waals surface area (Å²) in [6, 6.07) is 11.4. The lowest BCUT2D eigenvalue weighted by Gasteiger charge is -2.09. The SMILES string of the molecule is COc1ccc(C(=O)Nc2ccc(Nc3ccc(F)c(F)c3F)nc2)cc1. The first-order valence-corrected chi connectivity index (χ1v) is 7.80. The number of methoxy groups -OCH3 is 1. The number of rotatable bonds is 5. The highest BCUT2D eigenvalue weighted by atomic mass is 19.2. The molecule has 0 radical (unpaired) electrons. The predicted octanol–water partition coefficient (Wildman–Crippen LogP) is 4.50. The van der Waals surface area contributed by atoms with Crippen LogP contribution in [0.2, 0.25) is 0 Å². The number of nitrogens with zero attached hydrogens (tertiary/aromatic N) is 1. The number of amides is 1. The van der Waals surface area contributed by atoms with E-state index in [0.717, 1.165) is 12.1 Å². The Hall–Kier alpha value is -3.55. The molecule has 0 unspecified atom stereocenters. The van der Waals surface area contributed by atoms with Crippen molar-refractivity contribution in [3.8, 4) is 5.75 Å². The molecule has 5 nitrogen and oxygen atoms in total. The first-order valence-electron chi connectivity index (χ1n) is 7.80. The number of nitrogens with one attached hydrogen (secondary N) is 2. The van der Waals surface area contributed by atoms with E-state index in [1.807, 2.05) is 0 Å². The van der Waals surface area contributed by atoms with Crippen LogP contribution in [0.1, 0.15) is 10.4 Å². The fourth-order valence-corrected chi connectivity index (χ4v) is 2.25.